The molecule has 0 aromatic carbocycles. The second-order valence-corrected chi connectivity index (χ2v) is 5.96. The van der Waals surface area contributed by atoms with Gasteiger partial charge in [-0.2, -0.15) is 0 Å². The number of hydrogen-bond donors (Lipinski definition) is 1. The monoisotopic (exact) mass is 268 g/mol. The van der Waals surface area contributed by atoms with Crippen molar-refractivity contribution in [2.75, 3.05) is 13.2 Å². The van der Waals surface area contributed by atoms with Crippen molar-refractivity contribution < 1.29 is 9.84 Å². The first-order valence-electron chi connectivity index (χ1n) is 7.49. The molecule has 0 saturated heterocycles. The van der Waals surface area contributed by atoms with Crippen LogP contribution in [0, 0.1) is 5.92 Å². The number of aliphatic hydroxyl groups excluding tert-OH is 1. The Labute approximate surface area is 119 Å². The van der Waals surface area contributed by atoms with Gasteiger partial charge in [-0.3, -0.25) is 0 Å². The average Bonchev–Trinajstić information content (AvgIpc) is 2.28. The van der Waals surface area contributed by atoms with E-state index in [9.17, 15) is 0 Å². The Morgan fingerprint density at radius 1 is 1.37 bits per heavy atom. The van der Waals surface area contributed by atoms with E-state index in [1.165, 1.54) is 12.8 Å². The van der Waals surface area contributed by atoms with Gasteiger partial charge in [0, 0.05) is 6.61 Å². The lowest BCUT2D eigenvalue weighted by molar-refractivity contribution is -0.0182. The molecule has 0 heterocycles. The smallest absolute Gasteiger partial charge is 0.0626 e. The van der Waals surface area contributed by atoms with Gasteiger partial charge >= 0.3 is 0 Å². The molecule has 0 aliphatic heterocycles. The molecule has 0 aromatic rings. The maximum Gasteiger partial charge on any atom is 0.0626 e. The molecule has 0 saturated carbocycles. The van der Waals surface area contributed by atoms with E-state index in [0.29, 0.717) is 5.92 Å². The van der Waals surface area contributed by atoms with Crippen molar-refractivity contribution in [2.24, 2.45) is 5.92 Å². The highest BCUT2D eigenvalue weighted by molar-refractivity contribution is 5.15. The molecule has 0 aliphatic carbocycles. The fourth-order valence-electron chi connectivity index (χ4n) is 2.16. The van der Waals surface area contributed by atoms with Crippen LogP contribution in [0.4, 0.5) is 0 Å². The lowest BCUT2D eigenvalue weighted by atomic mass is 9.95. The summed E-state index contributed by atoms with van der Waals surface area (Å²) < 4.78 is 5.71. The van der Waals surface area contributed by atoms with Crippen molar-refractivity contribution in [2.45, 2.75) is 65.9 Å². The largest absolute Gasteiger partial charge is 0.392 e. The van der Waals surface area contributed by atoms with E-state index in [1.54, 1.807) is 0 Å². The Balaban J connectivity index is 3.82. The minimum Gasteiger partial charge on any atom is -0.392 e. The highest BCUT2D eigenvalue weighted by Gasteiger charge is 2.17. The van der Waals surface area contributed by atoms with Gasteiger partial charge in [0.1, 0.15) is 0 Å². The molecule has 0 radical (unpaired) electrons. The summed E-state index contributed by atoms with van der Waals surface area (Å²) in [6, 6.07) is 0. The average molecular weight is 268 g/mol. The fraction of sp³-hybridized carbons (Fsp3) is 0.765. The number of hydrogen-bond acceptors (Lipinski definition) is 2. The third-order valence-electron chi connectivity index (χ3n) is 3.34. The van der Waals surface area contributed by atoms with Crippen LogP contribution in [-0.2, 0) is 4.74 Å². The van der Waals surface area contributed by atoms with E-state index in [2.05, 4.69) is 39.8 Å². The summed E-state index contributed by atoms with van der Waals surface area (Å²) in [4.78, 5) is 0. The van der Waals surface area contributed by atoms with Gasteiger partial charge in [0.15, 0.2) is 0 Å². The Kier molecular flexibility index (Phi) is 9.90. The van der Waals surface area contributed by atoms with Crippen molar-refractivity contribution >= 4 is 0 Å². The van der Waals surface area contributed by atoms with Crippen LogP contribution < -0.4 is 0 Å². The van der Waals surface area contributed by atoms with E-state index >= 15 is 0 Å². The normalized spacial score (nSPS) is 15.2. The van der Waals surface area contributed by atoms with Crippen LogP contribution in [-0.4, -0.2) is 23.9 Å². The Morgan fingerprint density at radius 2 is 2.05 bits per heavy atom. The topological polar surface area (TPSA) is 29.5 Å². The van der Waals surface area contributed by atoms with Gasteiger partial charge in [0.25, 0.3) is 0 Å². The van der Waals surface area contributed by atoms with Gasteiger partial charge in [-0.15, -0.1) is 0 Å². The maximum absolute atomic E-state index is 8.76. The van der Waals surface area contributed by atoms with Gasteiger partial charge in [-0.1, -0.05) is 43.6 Å². The standard InChI is InChI=1S/C17H32O2/c1-6-19-17(4,5)13-8-11-15(2)9-7-10-16(3)12-14-18/h7,10,12,15,18H,6,8-9,11,13-14H2,1-5H3/b10-7+,16-12+. The van der Waals surface area contributed by atoms with Crippen molar-refractivity contribution in [3.8, 4) is 0 Å². The molecule has 112 valence electrons. The summed E-state index contributed by atoms with van der Waals surface area (Å²) in [5, 5.41) is 8.76. The number of rotatable bonds is 10. The minimum absolute atomic E-state index is 0.0186. The van der Waals surface area contributed by atoms with Gasteiger partial charge in [0.05, 0.1) is 12.2 Å². The van der Waals surface area contributed by atoms with E-state index in [4.69, 9.17) is 9.84 Å². The molecule has 0 amide bonds. The van der Waals surface area contributed by atoms with Crippen molar-refractivity contribution in [3.05, 3.63) is 23.8 Å². The molecule has 0 aliphatic rings. The van der Waals surface area contributed by atoms with E-state index < -0.39 is 0 Å². The first-order valence-corrected chi connectivity index (χ1v) is 7.49. The molecule has 2 nitrogen and oxygen atoms in total. The molecule has 0 rings (SSSR count). The molecule has 0 bridgehead atoms. The van der Waals surface area contributed by atoms with Crippen LogP contribution in [0.2, 0.25) is 0 Å². The summed E-state index contributed by atoms with van der Waals surface area (Å²) >= 11 is 0. The maximum atomic E-state index is 8.76. The predicted molar refractivity (Wildman–Crippen MR) is 83.3 cm³/mol. The zero-order chi connectivity index (χ0) is 14.7. The van der Waals surface area contributed by atoms with E-state index in [0.717, 1.165) is 25.0 Å². The third kappa shape index (κ3) is 11.0. The summed E-state index contributed by atoms with van der Waals surface area (Å²) in [5.41, 5.74) is 1.15. The zero-order valence-corrected chi connectivity index (χ0v) is 13.4. The number of ether oxygens (including phenoxy) is 1. The molecule has 2 heteroatoms. The van der Waals surface area contributed by atoms with Crippen LogP contribution >= 0.6 is 0 Å². The Hall–Kier alpha value is -0.600. The lowest BCUT2D eigenvalue weighted by Crippen LogP contribution is -2.24. The summed E-state index contributed by atoms with van der Waals surface area (Å²) in [7, 11) is 0. The molecule has 1 unspecified atom stereocenters. The third-order valence-corrected chi connectivity index (χ3v) is 3.34. The van der Waals surface area contributed by atoms with Crippen LogP contribution in [0.25, 0.3) is 0 Å². The van der Waals surface area contributed by atoms with Gasteiger partial charge in [0.2, 0.25) is 0 Å². The first kappa shape index (κ1) is 18.4. The predicted octanol–water partition coefficient (Wildman–Crippen LogP) is 4.49. The van der Waals surface area contributed by atoms with Gasteiger partial charge in [-0.05, 0) is 46.5 Å². The van der Waals surface area contributed by atoms with Crippen LogP contribution in [0.5, 0.6) is 0 Å². The zero-order valence-electron chi connectivity index (χ0n) is 13.4. The molecular weight excluding hydrogens is 236 g/mol. The van der Waals surface area contributed by atoms with Crippen molar-refractivity contribution in [3.63, 3.8) is 0 Å². The summed E-state index contributed by atoms with van der Waals surface area (Å²) in [5.74, 6) is 0.704. The Morgan fingerprint density at radius 3 is 2.63 bits per heavy atom. The minimum atomic E-state index is 0.0186. The fourth-order valence-corrected chi connectivity index (χ4v) is 2.16. The summed E-state index contributed by atoms with van der Waals surface area (Å²) in [6.45, 7) is 11.6. The highest BCUT2D eigenvalue weighted by Crippen LogP contribution is 2.21. The SMILES string of the molecule is CCOC(C)(C)CCCC(C)C/C=C/C(C)=C/CO. The number of aliphatic hydroxyl groups is 1. The molecule has 0 fully saturated rings. The van der Waals surface area contributed by atoms with Crippen LogP contribution in [0.15, 0.2) is 23.8 Å². The number of allylic oxidation sites excluding steroid dienone is 3. The van der Waals surface area contributed by atoms with Crippen molar-refractivity contribution in [1.29, 1.82) is 0 Å². The van der Waals surface area contributed by atoms with Crippen LogP contribution in [0.3, 0.4) is 0 Å². The molecule has 19 heavy (non-hydrogen) atoms. The highest BCUT2D eigenvalue weighted by atomic mass is 16.5. The quantitative estimate of drug-likeness (QED) is 0.591. The Bertz CT molecular complexity index is 277. The van der Waals surface area contributed by atoms with Crippen molar-refractivity contribution in [1.82, 2.24) is 0 Å². The van der Waals surface area contributed by atoms with E-state index in [1.807, 2.05) is 13.0 Å². The molecule has 0 aromatic heterocycles. The second kappa shape index (κ2) is 10.2. The molecule has 1 atom stereocenters. The first-order chi connectivity index (χ1) is 8.91. The van der Waals surface area contributed by atoms with Crippen LogP contribution in [0.1, 0.15) is 60.3 Å². The molecule has 1 N–H and O–H groups in total. The second-order valence-electron chi connectivity index (χ2n) is 5.96. The van der Waals surface area contributed by atoms with Gasteiger partial charge in [-0.25, -0.2) is 0 Å². The van der Waals surface area contributed by atoms with E-state index in [-0.39, 0.29) is 12.2 Å². The van der Waals surface area contributed by atoms with Gasteiger partial charge < -0.3 is 9.84 Å². The lowest BCUT2D eigenvalue weighted by Gasteiger charge is -2.25. The molecular formula is C17H32O2. The molecule has 0 spiro atoms. The summed E-state index contributed by atoms with van der Waals surface area (Å²) in [6.07, 6.45) is 10.8.